The summed E-state index contributed by atoms with van der Waals surface area (Å²) in [6.07, 6.45) is 1.76. The van der Waals surface area contributed by atoms with Crippen LogP contribution in [0.25, 0.3) is 6.08 Å². The number of nitrogens with one attached hydrogen (secondary N) is 1. The van der Waals surface area contributed by atoms with Crippen molar-refractivity contribution in [2.24, 2.45) is 0 Å². The van der Waals surface area contributed by atoms with Gasteiger partial charge in [-0.05, 0) is 55.3 Å². The molecule has 0 aromatic heterocycles. The van der Waals surface area contributed by atoms with Gasteiger partial charge in [-0.25, -0.2) is 4.79 Å². The minimum Gasteiger partial charge on any atom is -0.495 e. The van der Waals surface area contributed by atoms with Crippen LogP contribution in [0.5, 0.6) is 5.75 Å². The Morgan fingerprint density at radius 1 is 1.11 bits per heavy atom. The molecule has 1 amide bonds. The van der Waals surface area contributed by atoms with Crippen LogP contribution >= 0.6 is 23.2 Å². The van der Waals surface area contributed by atoms with E-state index in [9.17, 15) is 9.59 Å². The molecule has 0 radical (unpaired) electrons. The molecule has 7 heteroatoms. The second-order valence-corrected chi connectivity index (χ2v) is 6.59. The molecule has 1 atom stereocenters. The quantitative estimate of drug-likeness (QED) is 0.546. The van der Waals surface area contributed by atoms with E-state index in [1.54, 1.807) is 30.3 Å². The van der Waals surface area contributed by atoms with Crippen molar-refractivity contribution >= 4 is 46.8 Å². The fraction of sp³-hybridized carbons (Fsp3) is 0.200. The Bertz CT molecular complexity index is 880. The molecule has 27 heavy (non-hydrogen) atoms. The van der Waals surface area contributed by atoms with Gasteiger partial charge in [0.25, 0.3) is 5.91 Å². The molecule has 2 rings (SSSR count). The standard InChI is InChI=1S/C20H19Cl2NO4/c1-12-4-8-18(26-3)17(10-12)23-20(25)13(2)27-19(24)9-6-14-5-7-15(21)16(22)11-14/h4-11,13H,1-3H3,(H,23,25)/b9-6+. The van der Waals surface area contributed by atoms with Crippen molar-refractivity contribution in [1.82, 2.24) is 0 Å². The summed E-state index contributed by atoms with van der Waals surface area (Å²) >= 11 is 11.8. The van der Waals surface area contributed by atoms with Gasteiger partial charge >= 0.3 is 5.97 Å². The van der Waals surface area contributed by atoms with Gasteiger partial charge in [0.15, 0.2) is 6.10 Å². The molecular formula is C20H19Cl2NO4. The average Bonchev–Trinajstić information content (AvgIpc) is 2.63. The molecule has 142 valence electrons. The first-order valence-electron chi connectivity index (χ1n) is 8.09. The van der Waals surface area contributed by atoms with Crippen LogP contribution in [0, 0.1) is 6.92 Å². The highest BCUT2D eigenvalue weighted by molar-refractivity contribution is 6.42. The summed E-state index contributed by atoms with van der Waals surface area (Å²) in [6.45, 7) is 3.38. The van der Waals surface area contributed by atoms with Gasteiger partial charge in [-0.2, -0.15) is 0 Å². The lowest BCUT2D eigenvalue weighted by molar-refractivity contribution is -0.148. The molecule has 0 aliphatic carbocycles. The number of methoxy groups -OCH3 is 1. The third-order valence-corrected chi connectivity index (χ3v) is 4.37. The highest BCUT2D eigenvalue weighted by Gasteiger charge is 2.18. The number of esters is 1. The number of benzene rings is 2. The first-order valence-corrected chi connectivity index (χ1v) is 8.85. The molecule has 0 saturated heterocycles. The van der Waals surface area contributed by atoms with Gasteiger partial charge < -0.3 is 14.8 Å². The molecule has 0 saturated carbocycles. The number of hydrogen-bond acceptors (Lipinski definition) is 4. The molecule has 2 aromatic rings. The zero-order chi connectivity index (χ0) is 20.0. The van der Waals surface area contributed by atoms with Gasteiger partial charge in [0.05, 0.1) is 22.8 Å². The van der Waals surface area contributed by atoms with Crippen molar-refractivity contribution in [3.05, 3.63) is 63.6 Å². The SMILES string of the molecule is COc1ccc(C)cc1NC(=O)C(C)OC(=O)/C=C/c1ccc(Cl)c(Cl)c1. The molecule has 0 heterocycles. The predicted octanol–water partition coefficient (Wildman–Crippen LogP) is 4.89. The lowest BCUT2D eigenvalue weighted by Gasteiger charge is -2.15. The number of anilines is 1. The van der Waals surface area contributed by atoms with Crippen molar-refractivity contribution in [3.8, 4) is 5.75 Å². The lowest BCUT2D eigenvalue weighted by atomic mass is 10.2. The maximum absolute atomic E-state index is 12.3. The van der Waals surface area contributed by atoms with Crippen LogP contribution in [-0.4, -0.2) is 25.1 Å². The number of carbonyl (C=O) groups excluding carboxylic acids is 2. The average molecular weight is 408 g/mol. The van der Waals surface area contributed by atoms with Crippen LogP contribution in [0.15, 0.2) is 42.5 Å². The maximum atomic E-state index is 12.3. The fourth-order valence-electron chi connectivity index (χ4n) is 2.20. The van der Waals surface area contributed by atoms with Crippen molar-refractivity contribution in [2.45, 2.75) is 20.0 Å². The Balaban J connectivity index is 1.97. The lowest BCUT2D eigenvalue weighted by Crippen LogP contribution is -2.29. The van der Waals surface area contributed by atoms with E-state index in [-0.39, 0.29) is 0 Å². The normalized spacial score (nSPS) is 11.9. The number of ether oxygens (including phenoxy) is 2. The molecule has 0 fully saturated rings. The maximum Gasteiger partial charge on any atom is 0.331 e. The van der Waals surface area contributed by atoms with Crippen LogP contribution in [0.4, 0.5) is 5.69 Å². The number of amides is 1. The smallest absolute Gasteiger partial charge is 0.331 e. The zero-order valence-electron chi connectivity index (χ0n) is 15.1. The number of carbonyl (C=O) groups is 2. The van der Waals surface area contributed by atoms with Gasteiger partial charge in [-0.3, -0.25) is 4.79 Å². The zero-order valence-corrected chi connectivity index (χ0v) is 16.6. The van der Waals surface area contributed by atoms with E-state index in [1.165, 1.54) is 26.2 Å². The van der Waals surface area contributed by atoms with Crippen LogP contribution in [0.1, 0.15) is 18.1 Å². The molecule has 1 unspecified atom stereocenters. The summed E-state index contributed by atoms with van der Waals surface area (Å²) in [5, 5.41) is 3.50. The van der Waals surface area contributed by atoms with E-state index in [1.807, 2.05) is 13.0 Å². The summed E-state index contributed by atoms with van der Waals surface area (Å²) < 4.78 is 10.3. The Kier molecular flexibility index (Phi) is 7.28. The molecule has 2 aromatic carbocycles. The molecular weight excluding hydrogens is 389 g/mol. The number of aryl methyl sites for hydroxylation is 1. The van der Waals surface area contributed by atoms with E-state index >= 15 is 0 Å². The first-order chi connectivity index (χ1) is 12.8. The van der Waals surface area contributed by atoms with Crippen LogP contribution in [0.3, 0.4) is 0 Å². The van der Waals surface area contributed by atoms with Gasteiger partial charge in [0.1, 0.15) is 5.75 Å². The Morgan fingerprint density at radius 3 is 2.52 bits per heavy atom. The minimum absolute atomic E-state index is 0.382. The summed E-state index contributed by atoms with van der Waals surface area (Å²) in [7, 11) is 1.51. The third-order valence-electron chi connectivity index (χ3n) is 3.63. The van der Waals surface area contributed by atoms with E-state index in [0.29, 0.717) is 27.0 Å². The van der Waals surface area contributed by atoms with Crippen LogP contribution in [-0.2, 0) is 14.3 Å². The van der Waals surface area contributed by atoms with Crippen LogP contribution in [0.2, 0.25) is 10.0 Å². The molecule has 1 N–H and O–H groups in total. The van der Waals surface area contributed by atoms with Gasteiger partial charge in [-0.15, -0.1) is 0 Å². The molecule has 0 aliphatic rings. The number of rotatable bonds is 6. The van der Waals surface area contributed by atoms with E-state index in [0.717, 1.165) is 5.56 Å². The van der Waals surface area contributed by atoms with Crippen molar-refractivity contribution in [2.75, 3.05) is 12.4 Å². The highest BCUT2D eigenvalue weighted by Crippen LogP contribution is 2.25. The summed E-state index contributed by atoms with van der Waals surface area (Å²) in [6, 6.07) is 10.3. The summed E-state index contributed by atoms with van der Waals surface area (Å²) in [5.74, 6) is -0.595. The fourth-order valence-corrected chi connectivity index (χ4v) is 2.51. The molecule has 5 nitrogen and oxygen atoms in total. The summed E-state index contributed by atoms with van der Waals surface area (Å²) in [5.41, 5.74) is 2.15. The Morgan fingerprint density at radius 2 is 1.85 bits per heavy atom. The van der Waals surface area contributed by atoms with Crippen molar-refractivity contribution in [1.29, 1.82) is 0 Å². The Labute approximate surface area is 167 Å². The number of halogens is 2. The molecule has 0 aliphatic heterocycles. The first kappa shape index (κ1) is 20.8. The third kappa shape index (κ3) is 6.01. The number of hydrogen-bond donors (Lipinski definition) is 1. The van der Waals surface area contributed by atoms with Crippen molar-refractivity contribution in [3.63, 3.8) is 0 Å². The van der Waals surface area contributed by atoms with E-state index in [4.69, 9.17) is 32.7 Å². The van der Waals surface area contributed by atoms with Crippen LogP contribution < -0.4 is 10.1 Å². The van der Waals surface area contributed by atoms with E-state index in [2.05, 4.69) is 5.32 Å². The topological polar surface area (TPSA) is 64.6 Å². The second kappa shape index (κ2) is 9.44. The Hall–Kier alpha value is -2.50. The predicted molar refractivity (Wildman–Crippen MR) is 107 cm³/mol. The molecule has 0 spiro atoms. The van der Waals surface area contributed by atoms with Crippen molar-refractivity contribution < 1.29 is 19.1 Å². The van der Waals surface area contributed by atoms with Gasteiger partial charge in [-0.1, -0.05) is 35.3 Å². The second-order valence-electron chi connectivity index (χ2n) is 5.78. The summed E-state index contributed by atoms with van der Waals surface area (Å²) in [4.78, 5) is 24.2. The minimum atomic E-state index is -0.985. The monoisotopic (exact) mass is 407 g/mol. The van der Waals surface area contributed by atoms with E-state index < -0.39 is 18.0 Å². The van der Waals surface area contributed by atoms with Gasteiger partial charge in [0, 0.05) is 6.08 Å². The van der Waals surface area contributed by atoms with Gasteiger partial charge in [0.2, 0.25) is 0 Å². The largest absolute Gasteiger partial charge is 0.495 e. The highest BCUT2D eigenvalue weighted by atomic mass is 35.5. The molecule has 0 bridgehead atoms.